The summed E-state index contributed by atoms with van der Waals surface area (Å²) in [6, 6.07) is 0. The van der Waals surface area contributed by atoms with Crippen molar-refractivity contribution in [2.75, 3.05) is 12.4 Å². The van der Waals surface area contributed by atoms with Crippen molar-refractivity contribution in [3.05, 3.63) is 0 Å². The van der Waals surface area contributed by atoms with Gasteiger partial charge < -0.3 is 4.74 Å². The van der Waals surface area contributed by atoms with Gasteiger partial charge in [0.1, 0.15) is 0 Å². The maximum atomic E-state index is 10.6. The largest absolute Gasteiger partial charge is 0.377 e. The zero-order chi connectivity index (χ0) is 8.32. The summed E-state index contributed by atoms with van der Waals surface area (Å²) in [6.07, 6.45) is 2.72. The van der Waals surface area contributed by atoms with E-state index in [1.807, 2.05) is 0 Å². The predicted octanol–water partition coefficient (Wildman–Crippen LogP) is -0.156. The average Bonchev–Trinajstić information content (AvgIpc) is 1.85. The quantitative estimate of drug-likeness (QED) is 0.640. The van der Waals surface area contributed by atoms with Crippen LogP contribution in [-0.2, 0) is 14.8 Å². The molecule has 1 rings (SSSR count). The number of hydrogen-bond acceptors (Lipinski definition) is 3. The fourth-order valence-corrected chi connectivity index (χ4v) is 1.98. The molecule has 4 nitrogen and oxygen atoms in total. The first-order valence-electron chi connectivity index (χ1n) is 3.70. The van der Waals surface area contributed by atoms with Crippen molar-refractivity contribution in [1.29, 1.82) is 0 Å². The minimum Gasteiger partial charge on any atom is -0.377 e. The Balaban J connectivity index is 2.36. The van der Waals surface area contributed by atoms with E-state index in [9.17, 15) is 8.42 Å². The highest BCUT2D eigenvalue weighted by Gasteiger charge is 2.18. The second-order valence-corrected chi connectivity index (χ2v) is 4.48. The third-order valence-corrected chi connectivity index (χ3v) is 2.53. The molecule has 0 amide bonds. The van der Waals surface area contributed by atoms with Crippen LogP contribution in [0.5, 0.6) is 0 Å². The van der Waals surface area contributed by atoms with Crippen molar-refractivity contribution < 1.29 is 13.2 Å². The van der Waals surface area contributed by atoms with Crippen LogP contribution in [0.3, 0.4) is 0 Å². The van der Waals surface area contributed by atoms with Gasteiger partial charge >= 0.3 is 0 Å². The molecule has 0 radical (unpaired) electrons. The number of nitrogens with two attached hydrogens (primary N) is 1. The summed E-state index contributed by atoms with van der Waals surface area (Å²) >= 11 is 0. The fraction of sp³-hybridized carbons (Fsp3) is 1.00. The molecule has 0 aromatic carbocycles. The molecule has 66 valence electrons. The predicted molar refractivity (Wildman–Crippen MR) is 41.6 cm³/mol. The standard InChI is InChI=1S/C6H13NO3S/c7-11(8,9)5-6-3-1-2-4-10-6/h6H,1-5H2,(H2,7,8,9). The maximum absolute atomic E-state index is 10.6. The first-order chi connectivity index (χ1) is 5.08. The van der Waals surface area contributed by atoms with Gasteiger partial charge in [0.2, 0.25) is 10.0 Å². The summed E-state index contributed by atoms with van der Waals surface area (Å²) in [5.41, 5.74) is 0. The van der Waals surface area contributed by atoms with Crippen LogP contribution in [0.4, 0.5) is 0 Å². The third-order valence-electron chi connectivity index (χ3n) is 1.69. The summed E-state index contributed by atoms with van der Waals surface area (Å²) in [7, 11) is -3.35. The van der Waals surface area contributed by atoms with Crippen molar-refractivity contribution in [2.45, 2.75) is 25.4 Å². The number of rotatable bonds is 2. The molecule has 1 saturated heterocycles. The van der Waals surface area contributed by atoms with Gasteiger partial charge in [-0.3, -0.25) is 0 Å². The van der Waals surface area contributed by atoms with Crippen molar-refractivity contribution in [1.82, 2.24) is 0 Å². The van der Waals surface area contributed by atoms with Crippen LogP contribution >= 0.6 is 0 Å². The number of primary sulfonamides is 1. The smallest absolute Gasteiger partial charge is 0.211 e. The third kappa shape index (κ3) is 3.69. The van der Waals surface area contributed by atoms with E-state index in [1.54, 1.807) is 0 Å². The Kier molecular flexibility index (Phi) is 2.86. The highest BCUT2D eigenvalue weighted by Crippen LogP contribution is 2.13. The van der Waals surface area contributed by atoms with Crippen LogP contribution in [-0.4, -0.2) is 26.9 Å². The Morgan fingerprint density at radius 3 is 2.64 bits per heavy atom. The zero-order valence-corrected chi connectivity index (χ0v) is 7.14. The Hall–Kier alpha value is -0.130. The normalized spacial score (nSPS) is 26.8. The molecule has 11 heavy (non-hydrogen) atoms. The lowest BCUT2D eigenvalue weighted by atomic mass is 10.1. The average molecular weight is 179 g/mol. The molecule has 1 aliphatic rings. The van der Waals surface area contributed by atoms with Gasteiger partial charge in [0.25, 0.3) is 0 Å². The minimum atomic E-state index is -3.35. The molecule has 1 unspecified atom stereocenters. The Morgan fingerprint density at radius 1 is 1.45 bits per heavy atom. The number of ether oxygens (including phenoxy) is 1. The minimum absolute atomic E-state index is 0.0347. The summed E-state index contributed by atoms with van der Waals surface area (Å²) in [4.78, 5) is 0. The van der Waals surface area contributed by atoms with Gasteiger partial charge in [-0.1, -0.05) is 0 Å². The summed E-state index contributed by atoms with van der Waals surface area (Å²) in [6.45, 7) is 0.667. The lowest BCUT2D eigenvalue weighted by Gasteiger charge is -2.21. The SMILES string of the molecule is NS(=O)(=O)CC1CCCCO1. The van der Waals surface area contributed by atoms with Crippen LogP contribution in [0.1, 0.15) is 19.3 Å². The van der Waals surface area contributed by atoms with Crippen molar-refractivity contribution in [3.63, 3.8) is 0 Å². The van der Waals surface area contributed by atoms with E-state index in [-0.39, 0.29) is 11.9 Å². The van der Waals surface area contributed by atoms with E-state index in [1.165, 1.54) is 0 Å². The van der Waals surface area contributed by atoms with Crippen molar-refractivity contribution in [2.24, 2.45) is 5.14 Å². The molecule has 2 N–H and O–H groups in total. The Labute approximate surface area is 66.8 Å². The van der Waals surface area contributed by atoms with Crippen LogP contribution in [0, 0.1) is 0 Å². The first kappa shape index (κ1) is 8.96. The van der Waals surface area contributed by atoms with Gasteiger partial charge in [-0.25, -0.2) is 13.6 Å². The lowest BCUT2D eigenvalue weighted by molar-refractivity contribution is 0.0305. The van der Waals surface area contributed by atoms with E-state index in [4.69, 9.17) is 9.88 Å². The van der Waals surface area contributed by atoms with E-state index >= 15 is 0 Å². The first-order valence-corrected chi connectivity index (χ1v) is 5.41. The van der Waals surface area contributed by atoms with Gasteiger partial charge in [-0.15, -0.1) is 0 Å². The number of hydrogen-bond donors (Lipinski definition) is 1. The molecular formula is C6H13NO3S. The molecule has 1 aliphatic heterocycles. The molecular weight excluding hydrogens is 166 g/mol. The summed E-state index contributed by atoms with van der Waals surface area (Å²) in [5.74, 6) is -0.0347. The van der Waals surface area contributed by atoms with Gasteiger partial charge in [-0.05, 0) is 19.3 Å². The van der Waals surface area contributed by atoms with E-state index in [0.29, 0.717) is 6.61 Å². The van der Waals surface area contributed by atoms with Gasteiger partial charge in [-0.2, -0.15) is 0 Å². The summed E-state index contributed by atoms with van der Waals surface area (Å²) < 4.78 is 26.4. The highest BCUT2D eigenvalue weighted by molar-refractivity contribution is 7.89. The van der Waals surface area contributed by atoms with Crippen LogP contribution in [0.2, 0.25) is 0 Å². The lowest BCUT2D eigenvalue weighted by Crippen LogP contribution is -2.31. The van der Waals surface area contributed by atoms with E-state index in [2.05, 4.69) is 0 Å². The topological polar surface area (TPSA) is 69.4 Å². The van der Waals surface area contributed by atoms with E-state index < -0.39 is 10.0 Å². The molecule has 0 aliphatic carbocycles. The second kappa shape index (κ2) is 3.51. The summed E-state index contributed by atoms with van der Waals surface area (Å²) in [5, 5.41) is 4.86. The maximum Gasteiger partial charge on any atom is 0.211 e. The van der Waals surface area contributed by atoms with Crippen molar-refractivity contribution in [3.8, 4) is 0 Å². The molecule has 0 bridgehead atoms. The van der Waals surface area contributed by atoms with Crippen LogP contribution < -0.4 is 5.14 Å². The molecule has 1 heterocycles. The molecule has 1 fully saturated rings. The molecule has 1 atom stereocenters. The number of sulfonamides is 1. The Bertz CT molecular complexity index is 206. The monoisotopic (exact) mass is 179 g/mol. The Morgan fingerprint density at radius 2 is 2.18 bits per heavy atom. The molecule has 0 aromatic rings. The second-order valence-electron chi connectivity index (χ2n) is 2.82. The zero-order valence-electron chi connectivity index (χ0n) is 6.32. The highest BCUT2D eigenvalue weighted by atomic mass is 32.2. The molecule has 0 spiro atoms. The van der Waals surface area contributed by atoms with E-state index in [0.717, 1.165) is 19.3 Å². The fourth-order valence-electron chi connectivity index (χ4n) is 1.20. The van der Waals surface area contributed by atoms with Gasteiger partial charge in [0.15, 0.2) is 0 Å². The van der Waals surface area contributed by atoms with Gasteiger partial charge in [0, 0.05) is 6.61 Å². The van der Waals surface area contributed by atoms with Crippen molar-refractivity contribution >= 4 is 10.0 Å². The van der Waals surface area contributed by atoms with Crippen LogP contribution in [0.15, 0.2) is 0 Å². The molecule has 5 heteroatoms. The van der Waals surface area contributed by atoms with Crippen LogP contribution in [0.25, 0.3) is 0 Å². The molecule has 0 saturated carbocycles. The molecule has 0 aromatic heterocycles. The van der Waals surface area contributed by atoms with Gasteiger partial charge in [0.05, 0.1) is 11.9 Å².